The van der Waals surface area contributed by atoms with Gasteiger partial charge >= 0.3 is 0 Å². The highest BCUT2D eigenvalue weighted by Gasteiger charge is 1.85. The van der Waals surface area contributed by atoms with Gasteiger partial charge in [-0.3, -0.25) is 0 Å². The maximum Gasteiger partial charge on any atom is 0.115 e. The van der Waals surface area contributed by atoms with Crippen molar-refractivity contribution in [2.45, 2.75) is 0 Å². The first-order valence-corrected chi connectivity index (χ1v) is 5.48. The Kier molecular flexibility index (Phi) is 5.26. The van der Waals surface area contributed by atoms with Crippen LogP contribution in [-0.4, -0.2) is 10.2 Å². The van der Waals surface area contributed by atoms with Gasteiger partial charge in [-0.25, -0.2) is 0 Å². The summed E-state index contributed by atoms with van der Waals surface area (Å²) in [5.74, 6) is 0.584. The lowest BCUT2D eigenvalue weighted by Crippen LogP contribution is -1.67. The Hall–Kier alpha value is -2.48. The monoisotopic (exact) mass is 240 g/mol. The summed E-state index contributed by atoms with van der Waals surface area (Å²) in [4.78, 5) is 0. The van der Waals surface area contributed by atoms with E-state index in [0.717, 1.165) is 11.1 Å². The van der Waals surface area contributed by atoms with Gasteiger partial charge in [0.2, 0.25) is 0 Å². The molecule has 0 radical (unpaired) electrons. The van der Waals surface area contributed by atoms with Crippen LogP contribution in [0.4, 0.5) is 0 Å². The molecule has 18 heavy (non-hydrogen) atoms. The Balaban J connectivity index is 0.000000180. The van der Waals surface area contributed by atoms with E-state index < -0.39 is 0 Å². The standard InChI is InChI=1S/2C8H8O/c2*1-2-7-3-5-8(9)6-4-7/h2*2-6,9H,1H2. The molecule has 2 N–H and O–H groups in total. The van der Waals surface area contributed by atoms with E-state index in [1.165, 1.54) is 0 Å². The van der Waals surface area contributed by atoms with Crippen molar-refractivity contribution < 1.29 is 10.2 Å². The van der Waals surface area contributed by atoms with Crippen LogP contribution in [0, 0.1) is 0 Å². The van der Waals surface area contributed by atoms with Crippen molar-refractivity contribution in [3.05, 3.63) is 72.8 Å². The lowest BCUT2D eigenvalue weighted by Gasteiger charge is -1.90. The van der Waals surface area contributed by atoms with E-state index >= 15 is 0 Å². The second-order valence-corrected chi connectivity index (χ2v) is 3.59. The van der Waals surface area contributed by atoms with E-state index in [-0.39, 0.29) is 0 Å². The fraction of sp³-hybridized carbons (Fsp3) is 0. The van der Waals surface area contributed by atoms with Gasteiger partial charge in [-0.1, -0.05) is 49.6 Å². The zero-order valence-corrected chi connectivity index (χ0v) is 10.1. The molecule has 2 rings (SSSR count). The topological polar surface area (TPSA) is 40.5 Å². The van der Waals surface area contributed by atoms with E-state index in [9.17, 15) is 0 Å². The summed E-state index contributed by atoms with van der Waals surface area (Å²) >= 11 is 0. The van der Waals surface area contributed by atoms with Crippen molar-refractivity contribution in [3.63, 3.8) is 0 Å². The molecule has 0 aliphatic carbocycles. The molecule has 0 bridgehead atoms. The van der Waals surface area contributed by atoms with Crippen LogP contribution in [0.1, 0.15) is 11.1 Å². The van der Waals surface area contributed by atoms with Gasteiger partial charge in [0.1, 0.15) is 11.5 Å². The van der Waals surface area contributed by atoms with Crippen LogP contribution in [0.25, 0.3) is 12.2 Å². The maximum atomic E-state index is 8.82. The van der Waals surface area contributed by atoms with E-state index in [4.69, 9.17) is 10.2 Å². The number of hydrogen-bond acceptors (Lipinski definition) is 2. The van der Waals surface area contributed by atoms with Crippen molar-refractivity contribution in [2.75, 3.05) is 0 Å². The molecule has 2 aromatic carbocycles. The molecule has 2 nitrogen and oxygen atoms in total. The number of rotatable bonds is 2. The highest BCUT2D eigenvalue weighted by Crippen LogP contribution is 2.10. The molecule has 0 aromatic heterocycles. The van der Waals surface area contributed by atoms with Crippen LogP contribution in [0.15, 0.2) is 61.7 Å². The lowest BCUT2D eigenvalue weighted by atomic mass is 10.2. The Labute approximate surface area is 107 Å². The Bertz CT molecular complexity index is 446. The average Bonchev–Trinajstić information content (AvgIpc) is 2.41. The quantitative estimate of drug-likeness (QED) is 0.830. The summed E-state index contributed by atoms with van der Waals surface area (Å²) in [5.41, 5.74) is 2.04. The van der Waals surface area contributed by atoms with E-state index in [1.807, 2.05) is 24.3 Å². The van der Waals surface area contributed by atoms with Gasteiger partial charge in [-0.2, -0.15) is 0 Å². The maximum absolute atomic E-state index is 8.82. The lowest BCUT2D eigenvalue weighted by molar-refractivity contribution is 0.474. The molecule has 0 saturated carbocycles. The molecule has 0 fully saturated rings. The van der Waals surface area contributed by atoms with Crippen LogP contribution < -0.4 is 0 Å². The third kappa shape index (κ3) is 4.58. The Morgan fingerprint density at radius 2 is 0.889 bits per heavy atom. The van der Waals surface area contributed by atoms with Gasteiger partial charge in [0.15, 0.2) is 0 Å². The largest absolute Gasteiger partial charge is 0.508 e. The van der Waals surface area contributed by atoms with Crippen molar-refractivity contribution in [3.8, 4) is 11.5 Å². The third-order valence-corrected chi connectivity index (χ3v) is 2.26. The molecule has 0 unspecified atom stereocenters. The van der Waals surface area contributed by atoms with Crippen molar-refractivity contribution in [1.82, 2.24) is 0 Å². The van der Waals surface area contributed by atoms with E-state index in [2.05, 4.69) is 13.2 Å². The second kappa shape index (κ2) is 6.97. The van der Waals surface area contributed by atoms with E-state index in [1.54, 1.807) is 36.4 Å². The van der Waals surface area contributed by atoms with Crippen LogP contribution >= 0.6 is 0 Å². The van der Waals surface area contributed by atoms with Crippen LogP contribution in [0.2, 0.25) is 0 Å². The van der Waals surface area contributed by atoms with Gasteiger partial charge < -0.3 is 10.2 Å². The minimum absolute atomic E-state index is 0.292. The van der Waals surface area contributed by atoms with Crippen molar-refractivity contribution >= 4 is 12.2 Å². The molecule has 2 aromatic rings. The molecular formula is C16H16O2. The van der Waals surface area contributed by atoms with Gasteiger partial charge in [0, 0.05) is 0 Å². The number of benzene rings is 2. The molecule has 0 atom stereocenters. The highest BCUT2D eigenvalue weighted by atomic mass is 16.3. The summed E-state index contributed by atoms with van der Waals surface area (Å²) in [6, 6.07) is 13.8. The average molecular weight is 240 g/mol. The normalized spacial score (nSPS) is 8.89. The predicted molar refractivity (Wildman–Crippen MR) is 76.4 cm³/mol. The van der Waals surface area contributed by atoms with Crippen LogP contribution in [0.3, 0.4) is 0 Å². The van der Waals surface area contributed by atoms with E-state index in [0.29, 0.717) is 11.5 Å². The zero-order valence-electron chi connectivity index (χ0n) is 10.1. The predicted octanol–water partition coefficient (Wildman–Crippen LogP) is 4.07. The fourth-order valence-electron chi connectivity index (χ4n) is 1.22. The molecule has 0 aliphatic rings. The van der Waals surface area contributed by atoms with Gasteiger partial charge in [0.05, 0.1) is 0 Å². The summed E-state index contributed by atoms with van der Waals surface area (Å²) in [5, 5.41) is 17.6. The minimum atomic E-state index is 0.292. The van der Waals surface area contributed by atoms with Crippen LogP contribution in [0.5, 0.6) is 11.5 Å². The highest BCUT2D eigenvalue weighted by molar-refractivity contribution is 5.48. The summed E-state index contributed by atoms with van der Waals surface area (Å²) < 4.78 is 0. The number of phenols is 2. The molecule has 2 heteroatoms. The first-order valence-electron chi connectivity index (χ1n) is 5.48. The Morgan fingerprint density at radius 1 is 0.611 bits per heavy atom. The number of aromatic hydroxyl groups is 2. The van der Waals surface area contributed by atoms with Gasteiger partial charge in [0.25, 0.3) is 0 Å². The molecule has 0 amide bonds. The summed E-state index contributed by atoms with van der Waals surface area (Å²) in [7, 11) is 0. The number of phenolic OH excluding ortho intramolecular Hbond substituents is 2. The third-order valence-electron chi connectivity index (χ3n) is 2.26. The first kappa shape index (κ1) is 13.6. The summed E-state index contributed by atoms with van der Waals surface area (Å²) in [6.45, 7) is 7.16. The SMILES string of the molecule is C=Cc1ccc(O)cc1.C=Cc1ccc(O)cc1. The smallest absolute Gasteiger partial charge is 0.115 e. The zero-order chi connectivity index (χ0) is 13.4. The minimum Gasteiger partial charge on any atom is -0.508 e. The number of hydrogen-bond donors (Lipinski definition) is 2. The molecule has 0 aliphatic heterocycles. The molecule has 0 spiro atoms. The van der Waals surface area contributed by atoms with Crippen molar-refractivity contribution in [2.24, 2.45) is 0 Å². The molecule has 0 saturated heterocycles. The van der Waals surface area contributed by atoms with Gasteiger partial charge in [-0.15, -0.1) is 0 Å². The first-order chi connectivity index (χ1) is 8.65. The van der Waals surface area contributed by atoms with Gasteiger partial charge in [-0.05, 0) is 35.4 Å². The van der Waals surface area contributed by atoms with Crippen LogP contribution in [-0.2, 0) is 0 Å². The molecule has 92 valence electrons. The molecule has 0 heterocycles. The Morgan fingerprint density at radius 3 is 1.11 bits per heavy atom. The van der Waals surface area contributed by atoms with Crippen molar-refractivity contribution in [1.29, 1.82) is 0 Å². The fourth-order valence-corrected chi connectivity index (χ4v) is 1.22. The second-order valence-electron chi connectivity index (χ2n) is 3.59. The summed E-state index contributed by atoms with van der Waals surface area (Å²) in [6.07, 6.45) is 3.47. The molecular weight excluding hydrogens is 224 g/mol.